The Hall–Kier alpha value is -2.94. The van der Waals surface area contributed by atoms with Gasteiger partial charge in [-0.15, -0.1) is 0 Å². The van der Waals surface area contributed by atoms with Gasteiger partial charge in [0.25, 0.3) is 0 Å². The Bertz CT molecular complexity index is 962. The maximum absolute atomic E-state index is 13.0. The molecule has 2 nitrogen and oxygen atoms in total. The molecule has 4 rings (SSSR count). The molecule has 1 aromatic heterocycles. The minimum absolute atomic E-state index is 0.0310. The molecule has 0 unspecified atom stereocenters. The molecule has 0 N–H and O–H groups in total. The largest absolute Gasteiger partial charge is 0.333 e. The van der Waals surface area contributed by atoms with Crippen LogP contribution in [0.5, 0.6) is 0 Å². The van der Waals surface area contributed by atoms with Crippen LogP contribution in [-0.4, -0.2) is 10.4 Å². The zero-order chi connectivity index (χ0) is 15.8. The third kappa shape index (κ3) is 2.30. The van der Waals surface area contributed by atoms with Gasteiger partial charge in [0.05, 0.1) is 6.54 Å². The molecule has 4 aromatic rings. The molecule has 1 heterocycles. The van der Waals surface area contributed by atoms with Crippen LogP contribution in [0.2, 0.25) is 0 Å². The van der Waals surface area contributed by atoms with Crippen molar-refractivity contribution >= 4 is 27.6 Å². The number of benzene rings is 3. The van der Waals surface area contributed by atoms with E-state index < -0.39 is 0 Å². The van der Waals surface area contributed by atoms with Gasteiger partial charge in [0.15, 0.2) is 5.78 Å². The Morgan fingerprint density at radius 3 is 1.87 bits per heavy atom. The number of ketones is 1. The number of nitrogens with zero attached hydrogens (tertiary/aromatic N) is 1. The van der Waals surface area contributed by atoms with Crippen molar-refractivity contribution in [3.8, 4) is 0 Å². The summed E-state index contributed by atoms with van der Waals surface area (Å²) in [6.45, 7) is 0.236. The van der Waals surface area contributed by atoms with Crippen molar-refractivity contribution in [1.82, 2.24) is 4.57 Å². The van der Waals surface area contributed by atoms with Crippen LogP contribution in [-0.2, 0) is 6.54 Å². The summed E-state index contributed by atoms with van der Waals surface area (Å²) in [5.74, 6) is -0.366. The molecular weight excluding hydrogens is 289 g/mol. The second kappa shape index (κ2) is 5.36. The third-order valence-electron chi connectivity index (χ3n) is 4.15. The van der Waals surface area contributed by atoms with Crippen LogP contribution in [0.15, 0.2) is 72.8 Å². The molecule has 3 heteroatoms. The van der Waals surface area contributed by atoms with Gasteiger partial charge in [-0.3, -0.25) is 4.79 Å². The van der Waals surface area contributed by atoms with Crippen molar-refractivity contribution in [3.63, 3.8) is 0 Å². The van der Waals surface area contributed by atoms with Gasteiger partial charge < -0.3 is 4.57 Å². The monoisotopic (exact) mass is 303 g/mol. The Morgan fingerprint density at radius 1 is 0.783 bits per heavy atom. The number of Topliss-reactive ketones (excluding diaryl/α,β-unsaturated/α-hetero) is 1. The summed E-state index contributed by atoms with van der Waals surface area (Å²) < 4.78 is 15.1. The second-order valence-corrected chi connectivity index (χ2v) is 5.55. The van der Waals surface area contributed by atoms with Crippen LogP contribution in [0.1, 0.15) is 10.4 Å². The van der Waals surface area contributed by atoms with E-state index in [2.05, 4.69) is 12.1 Å². The molecule has 0 atom stereocenters. The minimum Gasteiger partial charge on any atom is -0.333 e. The molecule has 112 valence electrons. The number of carbonyl (C=O) groups is 1. The molecule has 0 saturated heterocycles. The lowest BCUT2D eigenvalue weighted by Gasteiger charge is -2.07. The van der Waals surface area contributed by atoms with Crippen molar-refractivity contribution in [2.24, 2.45) is 0 Å². The fraction of sp³-hybridized carbons (Fsp3) is 0.0500. The molecule has 0 spiro atoms. The van der Waals surface area contributed by atoms with E-state index in [-0.39, 0.29) is 18.1 Å². The van der Waals surface area contributed by atoms with E-state index in [9.17, 15) is 9.18 Å². The van der Waals surface area contributed by atoms with E-state index in [0.717, 1.165) is 21.8 Å². The average molecular weight is 303 g/mol. The Kier molecular flexibility index (Phi) is 3.19. The highest BCUT2D eigenvalue weighted by atomic mass is 19.1. The molecule has 0 amide bonds. The van der Waals surface area contributed by atoms with E-state index in [1.54, 1.807) is 0 Å². The maximum atomic E-state index is 13.0. The van der Waals surface area contributed by atoms with Gasteiger partial charge in [-0.05, 0) is 36.4 Å². The first-order valence-corrected chi connectivity index (χ1v) is 7.49. The smallest absolute Gasteiger partial charge is 0.182 e. The van der Waals surface area contributed by atoms with Gasteiger partial charge >= 0.3 is 0 Å². The van der Waals surface area contributed by atoms with Gasteiger partial charge in [-0.2, -0.15) is 0 Å². The fourth-order valence-corrected chi connectivity index (χ4v) is 3.04. The molecule has 0 aliphatic carbocycles. The maximum Gasteiger partial charge on any atom is 0.182 e. The lowest BCUT2D eigenvalue weighted by molar-refractivity contribution is 0.0975. The highest BCUT2D eigenvalue weighted by molar-refractivity contribution is 6.09. The summed E-state index contributed by atoms with van der Waals surface area (Å²) in [7, 11) is 0. The van der Waals surface area contributed by atoms with Crippen molar-refractivity contribution < 1.29 is 9.18 Å². The zero-order valence-electron chi connectivity index (χ0n) is 12.4. The third-order valence-corrected chi connectivity index (χ3v) is 4.15. The van der Waals surface area contributed by atoms with Crippen LogP contribution in [0.4, 0.5) is 4.39 Å². The fourth-order valence-electron chi connectivity index (χ4n) is 3.04. The Labute approximate surface area is 132 Å². The molecule has 0 saturated carbocycles. The second-order valence-electron chi connectivity index (χ2n) is 5.55. The predicted octanol–water partition coefficient (Wildman–Crippen LogP) is 4.82. The Morgan fingerprint density at radius 2 is 1.30 bits per heavy atom. The summed E-state index contributed by atoms with van der Waals surface area (Å²) >= 11 is 0. The van der Waals surface area contributed by atoms with Crippen LogP contribution in [0.25, 0.3) is 21.8 Å². The average Bonchev–Trinajstić information content (AvgIpc) is 2.90. The van der Waals surface area contributed by atoms with Crippen molar-refractivity contribution in [2.45, 2.75) is 6.54 Å². The van der Waals surface area contributed by atoms with E-state index in [4.69, 9.17) is 0 Å². The Balaban J connectivity index is 1.84. The quantitative estimate of drug-likeness (QED) is 0.497. The van der Waals surface area contributed by atoms with E-state index in [1.807, 2.05) is 41.0 Å². The first-order valence-electron chi connectivity index (χ1n) is 7.49. The van der Waals surface area contributed by atoms with Crippen molar-refractivity contribution in [2.75, 3.05) is 0 Å². The molecular formula is C20H14FNO. The first-order chi connectivity index (χ1) is 11.2. The van der Waals surface area contributed by atoms with Gasteiger partial charge in [0.1, 0.15) is 5.82 Å². The van der Waals surface area contributed by atoms with Gasteiger partial charge in [0, 0.05) is 27.4 Å². The summed E-state index contributed by atoms with van der Waals surface area (Å²) in [5, 5.41) is 2.27. The SMILES string of the molecule is O=C(Cn1c2ccccc2c2ccccc21)c1ccc(F)cc1. The summed E-state index contributed by atoms with van der Waals surface area (Å²) in [6, 6.07) is 21.8. The normalized spacial score (nSPS) is 11.2. The lowest BCUT2D eigenvalue weighted by Crippen LogP contribution is -2.10. The molecule has 0 fully saturated rings. The highest BCUT2D eigenvalue weighted by Crippen LogP contribution is 2.28. The number of aromatic nitrogens is 1. The highest BCUT2D eigenvalue weighted by Gasteiger charge is 2.13. The van der Waals surface area contributed by atoms with Crippen molar-refractivity contribution in [3.05, 3.63) is 84.2 Å². The number of rotatable bonds is 3. The number of carbonyl (C=O) groups excluding carboxylic acids is 1. The van der Waals surface area contributed by atoms with E-state index in [0.29, 0.717) is 5.56 Å². The van der Waals surface area contributed by atoms with E-state index in [1.165, 1.54) is 24.3 Å². The van der Waals surface area contributed by atoms with Crippen LogP contribution < -0.4 is 0 Å². The van der Waals surface area contributed by atoms with Crippen LogP contribution >= 0.6 is 0 Å². The molecule has 0 aliphatic rings. The number of fused-ring (bicyclic) bond motifs is 3. The van der Waals surface area contributed by atoms with Gasteiger partial charge in [-0.1, -0.05) is 36.4 Å². The summed E-state index contributed by atoms with van der Waals surface area (Å²) in [5.41, 5.74) is 2.58. The molecule has 0 bridgehead atoms. The number of hydrogen-bond acceptors (Lipinski definition) is 1. The van der Waals surface area contributed by atoms with Crippen molar-refractivity contribution in [1.29, 1.82) is 0 Å². The van der Waals surface area contributed by atoms with E-state index >= 15 is 0 Å². The summed E-state index contributed by atoms with van der Waals surface area (Å²) in [6.07, 6.45) is 0. The minimum atomic E-state index is -0.335. The molecule has 0 radical (unpaired) electrons. The molecule has 0 aliphatic heterocycles. The topological polar surface area (TPSA) is 22.0 Å². The van der Waals surface area contributed by atoms with Gasteiger partial charge in [0.2, 0.25) is 0 Å². The van der Waals surface area contributed by atoms with Crippen LogP contribution in [0, 0.1) is 5.82 Å². The predicted molar refractivity (Wildman–Crippen MR) is 90.2 cm³/mol. The number of hydrogen-bond donors (Lipinski definition) is 0. The number of para-hydroxylation sites is 2. The standard InChI is InChI=1S/C20H14FNO/c21-15-11-9-14(10-12-15)20(23)13-22-18-7-3-1-5-16(18)17-6-2-4-8-19(17)22/h1-12H,13H2. The molecule has 3 aromatic carbocycles. The zero-order valence-corrected chi connectivity index (χ0v) is 12.4. The number of halogens is 1. The van der Waals surface area contributed by atoms with Crippen LogP contribution in [0.3, 0.4) is 0 Å². The van der Waals surface area contributed by atoms with Gasteiger partial charge in [-0.25, -0.2) is 4.39 Å². The summed E-state index contributed by atoms with van der Waals surface area (Å²) in [4.78, 5) is 12.6. The first kappa shape index (κ1) is 13.7. The lowest BCUT2D eigenvalue weighted by atomic mass is 10.1. The molecule has 23 heavy (non-hydrogen) atoms.